The van der Waals surface area contributed by atoms with Gasteiger partial charge >= 0.3 is 0 Å². The second-order valence-corrected chi connectivity index (χ2v) is 3.99. The number of allylic oxidation sites excluding steroid dienone is 1. The van der Waals surface area contributed by atoms with Crippen LogP contribution in [0.2, 0.25) is 0 Å². The molecule has 1 nitrogen and oxygen atoms in total. The van der Waals surface area contributed by atoms with E-state index in [4.69, 9.17) is 4.74 Å². The van der Waals surface area contributed by atoms with Crippen molar-refractivity contribution in [3.63, 3.8) is 0 Å². The van der Waals surface area contributed by atoms with E-state index < -0.39 is 0 Å². The van der Waals surface area contributed by atoms with Crippen molar-refractivity contribution in [3.8, 4) is 0 Å². The molecule has 0 bridgehead atoms. The summed E-state index contributed by atoms with van der Waals surface area (Å²) in [5.41, 5.74) is 4.75. The molecule has 1 aromatic carbocycles. The average Bonchev–Trinajstić information content (AvgIpc) is 2.31. The first-order valence-corrected chi connectivity index (χ1v) is 5.47. The topological polar surface area (TPSA) is 9.23 Å². The lowest BCUT2D eigenvalue weighted by atomic mass is 9.97. The lowest BCUT2D eigenvalue weighted by molar-refractivity contribution is 0.181. The normalized spacial score (nSPS) is 18.3. The molecular weight excluding hydrogens is 196 g/mol. The van der Waals surface area contributed by atoms with Crippen LogP contribution >= 0.6 is 0 Å². The van der Waals surface area contributed by atoms with Crippen molar-refractivity contribution in [2.24, 2.45) is 0 Å². The van der Waals surface area contributed by atoms with E-state index in [1.54, 1.807) is 0 Å². The number of hydrogen-bond donors (Lipinski definition) is 0. The Bertz CT molecular complexity index is 438. The Hall–Kier alpha value is -1.60. The van der Waals surface area contributed by atoms with Gasteiger partial charge in [0.2, 0.25) is 0 Å². The van der Waals surface area contributed by atoms with Crippen LogP contribution in [0.25, 0.3) is 6.08 Å². The van der Waals surface area contributed by atoms with Gasteiger partial charge in [0.15, 0.2) is 0 Å². The van der Waals surface area contributed by atoms with Crippen LogP contribution in [0, 0.1) is 0 Å². The van der Waals surface area contributed by atoms with Gasteiger partial charge in [0.25, 0.3) is 0 Å². The van der Waals surface area contributed by atoms with Gasteiger partial charge in [-0.3, -0.25) is 0 Å². The van der Waals surface area contributed by atoms with Crippen molar-refractivity contribution in [2.75, 3.05) is 13.2 Å². The fourth-order valence-electron chi connectivity index (χ4n) is 1.84. The molecular formula is C15H16O. The van der Waals surface area contributed by atoms with Gasteiger partial charge < -0.3 is 4.74 Å². The van der Waals surface area contributed by atoms with Crippen LogP contribution in [0.1, 0.15) is 12.5 Å². The molecule has 0 aliphatic carbocycles. The van der Waals surface area contributed by atoms with Crippen LogP contribution in [0.5, 0.6) is 0 Å². The minimum Gasteiger partial charge on any atom is -0.373 e. The lowest BCUT2D eigenvalue weighted by Crippen LogP contribution is -2.08. The highest BCUT2D eigenvalue weighted by atomic mass is 16.5. The standard InChI is InChI=1S/C15H16O/c1-12(2)15-8-9-16-11-14(15)10-13-6-4-3-5-7-13/h3-8,10H,1,9,11H2,2H3/b14-10+. The van der Waals surface area contributed by atoms with Crippen LogP contribution in [0.15, 0.2) is 59.7 Å². The van der Waals surface area contributed by atoms with E-state index in [0.29, 0.717) is 13.2 Å². The largest absolute Gasteiger partial charge is 0.373 e. The molecule has 0 amide bonds. The second kappa shape index (κ2) is 4.95. The lowest BCUT2D eigenvalue weighted by Gasteiger charge is -2.17. The maximum Gasteiger partial charge on any atom is 0.0727 e. The highest BCUT2D eigenvalue weighted by molar-refractivity contribution is 5.62. The molecule has 16 heavy (non-hydrogen) atoms. The Balaban J connectivity index is 2.32. The Labute approximate surface area is 96.8 Å². The zero-order chi connectivity index (χ0) is 11.4. The summed E-state index contributed by atoms with van der Waals surface area (Å²) in [7, 11) is 0. The van der Waals surface area contributed by atoms with Gasteiger partial charge in [-0.05, 0) is 29.7 Å². The third-order valence-corrected chi connectivity index (χ3v) is 2.61. The van der Waals surface area contributed by atoms with Gasteiger partial charge in [-0.15, -0.1) is 0 Å². The van der Waals surface area contributed by atoms with Crippen molar-refractivity contribution in [1.82, 2.24) is 0 Å². The highest BCUT2D eigenvalue weighted by Crippen LogP contribution is 2.23. The van der Waals surface area contributed by atoms with Gasteiger partial charge in [-0.2, -0.15) is 0 Å². The van der Waals surface area contributed by atoms with E-state index in [0.717, 1.165) is 5.57 Å². The molecule has 0 spiro atoms. The molecule has 0 atom stereocenters. The van der Waals surface area contributed by atoms with E-state index in [2.05, 4.69) is 30.9 Å². The molecule has 0 radical (unpaired) electrons. The Morgan fingerprint density at radius 1 is 1.31 bits per heavy atom. The Morgan fingerprint density at radius 2 is 2.06 bits per heavy atom. The highest BCUT2D eigenvalue weighted by Gasteiger charge is 2.10. The molecule has 2 rings (SSSR count). The fraction of sp³-hybridized carbons (Fsp3) is 0.200. The summed E-state index contributed by atoms with van der Waals surface area (Å²) in [6.45, 7) is 7.41. The van der Waals surface area contributed by atoms with Gasteiger partial charge in [0.1, 0.15) is 0 Å². The van der Waals surface area contributed by atoms with Gasteiger partial charge in [0, 0.05) is 0 Å². The zero-order valence-corrected chi connectivity index (χ0v) is 9.57. The van der Waals surface area contributed by atoms with E-state index in [1.165, 1.54) is 16.7 Å². The minimum atomic E-state index is 0.674. The summed E-state index contributed by atoms with van der Waals surface area (Å²) in [4.78, 5) is 0. The minimum absolute atomic E-state index is 0.674. The van der Waals surface area contributed by atoms with E-state index in [9.17, 15) is 0 Å². The maximum absolute atomic E-state index is 5.45. The third kappa shape index (κ3) is 2.50. The van der Waals surface area contributed by atoms with E-state index in [1.807, 2.05) is 25.1 Å². The smallest absolute Gasteiger partial charge is 0.0727 e. The Morgan fingerprint density at radius 3 is 2.75 bits per heavy atom. The van der Waals surface area contributed by atoms with Crippen LogP contribution in [-0.4, -0.2) is 13.2 Å². The van der Waals surface area contributed by atoms with Crippen LogP contribution < -0.4 is 0 Å². The first kappa shape index (κ1) is 10.9. The molecule has 1 aromatic rings. The summed E-state index contributed by atoms with van der Waals surface area (Å²) in [6, 6.07) is 10.3. The molecule has 1 aliphatic heterocycles. The van der Waals surface area contributed by atoms with Gasteiger partial charge in [-0.25, -0.2) is 0 Å². The summed E-state index contributed by atoms with van der Waals surface area (Å²) in [5, 5.41) is 0. The molecule has 1 aliphatic rings. The monoisotopic (exact) mass is 212 g/mol. The summed E-state index contributed by atoms with van der Waals surface area (Å²) in [6.07, 6.45) is 4.26. The quantitative estimate of drug-likeness (QED) is 0.727. The average molecular weight is 212 g/mol. The SMILES string of the molecule is C=C(C)C1=CCOC/C1=C\c1ccccc1. The van der Waals surface area contributed by atoms with Crippen molar-refractivity contribution in [1.29, 1.82) is 0 Å². The summed E-state index contributed by atoms with van der Waals surface area (Å²) >= 11 is 0. The molecule has 0 saturated carbocycles. The summed E-state index contributed by atoms with van der Waals surface area (Å²) in [5.74, 6) is 0. The predicted octanol–water partition coefficient (Wildman–Crippen LogP) is 3.60. The first-order valence-electron chi connectivity index (χ1n) is 5.47. The van der Waals surface area contributed by atoms with Crippen molar-refractivity contribution >= 4 is 6.08 Å². The molecule has 0 N–H and O–H groups in total. The van der Waals surface area contributed by atoms with E-state index in [-0.39, 0.29) is 0 Å². The second-order valence-electron chi connectivity index (χ2n) is 3.99. The molecule has 0 fully saturated rings. The third-order valence-electron chi connectivity index (χ3n) is 2.61. The molecule has 0 saturated heterocycles. The summed E-state index contributed by atoms with van der Waals surface area (Å²) < 4.78 is 5.45. The van der Waals surface area contributed by atoms with Crippen molar-refractivity contribution in [3.05, 3.63) is 65.3 Å². The maximum atomic E-state index is 5.45. The Kier molecular flexibility index (Phi) is 3.37. The first-order chi connectivity index (χ1) is 7.77. The van der Waals surface area contributed by atoms with Crippen LogP contribution in [0.3, 0.4) is 0 Å². The number of benzene rings is 1. The zero-order valence-electron chi connectivity index (χ0n) is 9.57. The molecule has 82 valence electrons. The number of ether oxygens (including phenoxy) is 1. The molecule has 1 heteroatoms. The molecule has 0 unspecified atom stereocenters. The van der Waals surface area contributed by atoms with Crippen LogP contribution in [-0.2, 0) is 4.74 Å². The van der Waals surface area contributed by atoms with Gasteiger partial charge in [-0.1, -0.05) is 48.6 Å². The fourth-order valence-corrected chi connectivity index (χ4v) is 1.84. The van der Waals surface area contributed by atoms with Crippen molar-refractivity contribution in [2.45, 2.75) is 6.92 Å². The number of rotatable bonds is 2. The van der Waals surface area contributed by atoms with Crippen molar-refractivity contribution < 1.29 is 4.74 Å². The number of hydrogen-bond acceptors (Lipinski definition) is 1. The van der Waals surface area contributed by atoms with Gasteiger partial charge in [0.05, 0.1) is 13.2 Å². The molecule has 1 heterocycles. The molecule has 0 aromatic heterocycles. The van der Waals surface area contributed by atoms with Crippen LogP contribution in [0.4, 0.5) is 0 Å². The van der Waals surface area contributed by atoms with E-state index >= 15 is 0 Å². The predicted molar refractivity (Wildman–Crippen MR) is 68.1 cm³/mol.